The average molecular weight is 770 g/mol. The molecule has 0 radical (unpaired) electrons. The van der Waals surface area contributed by atoms with Crippen LogP contribution in [0.4, 0.5) is 10.8 Å². The number of aromatic nitrogens is 1. The second-order valence-electron chi connectivity index (χ2n) is 14.7. The van der Waals surface area contributed by atoms with E-state index in [1.54, 1.807) is 73.7 Å². The predicted octanol–water partition coefficient (Wildman–Crippen LogP) is 11.2. The van der Waals surface area contributed by atoms with E-state index >= 15 is 0 Å². The van der Waals surface area contributed by atoms with Crippen LogP contribution in [0.2, 0.25) is 0 Å². The maximum absolute atomic E-state index is 14.8. The minimum absolute atomic E-state index is 0.154. The smallest absolute Gasteiger partial charge is 0.291 e. The highest BCUT2D eigenvalue weighted by molar-refractivity contribution is 7.17. The lowest BCUT2D eigenvalue weighted by Gasteiger charge is -2.36. The van der Waals surface area contributed by atoms with Crippen molar-refractivity contribution in [1.82, 2.24) is 9.99 Å². The zero-order chi connectivity index (χ0) is 40.2. The van der Waals surface area contributed by atoms with E-state index in [0.29, 0.717) is 17.5 Å². The highest BCUT2D eigenvalue weighted by Crippen LogP contribution is 2.39. The number of nitriles is 1. The van der Waals surface area contributed by atoms with Gasteiger partial charge in [-0.25, -0.2) is 9.99 Å². The van der Waals surface area contributed by atoms with Crippen LogP contribution in [0.25, 0.3) is 17.3 Å². The largest absolute Gasteiger partial charge is 0.348 e. The fourth-order valence-corrected chi connectivity index (χ4v) is 8.19. The summed E-state index contributed by atoms with van der Waals surface area (Å²) in [7, 11) is 0. The summed E-state index contributed by atoms with van der Waals surface area (Å²) in [6, 6.07) is 27.3. The topological polar surface area (TPSA) is 97.6 Å². The molecule has 1 aliphatic heterocycles. The summed E-state index contributed by atoms with van der Waals surface area (Å²) < 4.78 is 0. The molecule has 56 heavy (non-hydrogen) atoms. The number of nitrogens with zero attached hydrogens (tertiary/aromatic N) is 5. The van der Waals surface area contributed by atoms with Crippen molar-refractivity contribution in [3.8, 4) is 17.3 Å². The minimum Gasteiger partial charge on any atom is -0.348 e. The molecule has 3 aromatic carbocycles. The molecule has 2 heterocycles. The molecule has 1 aliphatic rings. The predicted molar refractivity (Wildman–Crippen MR) is 229 cm³/mol. The second kappa shape index (κ2) is 20.0. The van der Waals surface area contributed by atoms with Crippen molar-refractivity contribution in [2.45, 2.75) is 92.9 Å². The van der Waals surface area contributed by atoms with Crippen molar-refractivity contribution in [1.29, 1.82) is 5.26 Å². The zero-order valence-electron chi connectivity index (χ0n) is 33.8. The van der Waals surface area contributed by atoms with Crippen LogP contribution in [0.5, 0.6) is 0 Å². The minimum atomic E-state index is -0.856. The zero-order valence-corrected chi connectivity index (χ0v) is 34.6. The molecular weight excluding hydrogens is 715 g/mol. The van der Waals surface area contributed by atoms with Gasteiger partial charge in [0.2, 0.25) is 0 Å². The van der Waals surface area contributed by atoms with Gasteiger partial charge in [0, 0.05) is 29.8 Å². The van der Waals surface area contributed by atoms with Gasteiger partial charge in [0.05, 0.1) is 16.3 Å². The first-order chi connectivity index (χ1) is 27.1. The fraction of sp³-hybridized carbons (Fsp3) is 0.383. The lowest BCUT2D eigenvalue weighted by molar-refractivity contribution is -0.140. The van der Waals surface area contributed by atoms with E-state index < -0.39 is 17.7 Å². The standard InChI is InChI=1S/C47H55N5O3S/c1-7-11-19-35(9-3)31-50(32-36(10-4)20-12-8-2)47-49-43(37-27-25-33(5)26-28-37)42(56-47)29-40-34(6)41(30-48)46(55)52(45(40)54)51(39-23-17-14-18-24-39)44(53)38-21-15-13-16-22-38/h13-18,21-29,35-36H,7-12,19-20,31-32H2,1-6H3/b40-29-. The number of carbonyl (C=O) groups excluding carboxylic acids is 3. The van der Waals surface area contributed by atoms with Gasteiger partial charge < -0.3 is 4.90 Å². The number of amides is 3. The van der Waals surface area contributed by atoms with E-state index in [4.69, 9.17) is 4.98 Å². The quantitative estimate of drug-likeness (QED) is 0.0738. The second-order valence-corrected chi connectivity index (χ2v) is 15.7. The first kappa shape index (κ1) is 41.8. The number of para-hydroxylation sites is 1. The molecule has 1 aromatic heterocycles. The molecule has 0 saturated carbocycles. The summed E-state index contributed by atoms with van der Waals surface area (Å²) in [5.74, 6) is -1.10. The molecule has 3 amide bonds. The Bertz CT molecular complexity index is 2050. The van der Waals surface area contributed by atoms with Crippen molar-refractivity contribution in [3.63, 3.8) is 0 Å². The lowest BCUT2D eigenvalue weighted by Crippen LogP contribution is -2.56. The molecule has 8 nitrogen and oxygen atoms in total. The van der Waals surface area contributed by atoms with Gasteiger partial charge in [-0.3, -0.25) is 14.4 Å². The number of carbonyl (C=O) groups is 3. The maximum Gasteiger partial charge on any atom is 0.291 e. The summed E-state index contributed by atoms with van der Waals surface area (Å²) in [4.78, 5) is 51.8. The number of hydrazine groups is 1. The van der Waals surface area contributed by atoms with E-state index in [1.807, 2.05) is 19.1 Å². The number of rotatable bonds is 18. The molecule has 0 N–H and O–H groups in total. The number of aryl methyl sites for hydroxylation is 1. The summed E-state index contributed by atoms with van der Waals surface area (Å²) in [6.07, 6.45) is 10.9. The van der Waals surface area contributed by atoms with E-state index in [1.165, 1.54) is 24.2 Å². The Hall–Kier alpha value is -5.33. The first-order valence-electron chi connectivity index (χ1n) is 20.1. The van der Waals surface area contributed by atoms with Crippen molar-refractivity contribution in [2.75, 3.05) is 23.0 Å². The highest BCUT2D eigenvalue weighted by Gasteiger charge is 2.42. The summed E-state index contributed by atoms with van der Waals surface area (Å²) in [5, 5.41) is 13.2. The van der Waals surface area contributed by atoms with Crippen LogP contribution in [0.1, 0.15) is 107 Å². The van der Waals surface area contributed by atoms with Crippen molar-refractivity contribution < 1.29 is 14.4 Å². The monoisotopic (exact) mass is 769 g/mol. The normalized spacial score (nSPS) is 14.9. The summed E-state index contributed by atoms with van der Waals surface area (Å²) >= 11 is 1.53. The lowest BCUT2D eigenvalue weighted by atomic mass is 9.95. The Morgan fingerprint density at radius 1 is 0.821 bits per heavy atom. The van der Waals surface area contributed by atoms with E-state index in [-0.39, 0.29) is 22.3 Å². The van der Waals surface area contributed by atoms with Crippen LogP contribution in [0.3, 0.4) is 0 Å². The molecule has 2 unspecified atom stereocenters. The Balaban J connectivity index is 1.69. The van der Waals surface area contributed by atoms with Crippen LogP contribution in [-0.4, -0.2) is 40.8 Å². The number of imide groups is 1. The Morgan fingerprint density at radius 2 is 1.39 bits per heavy atom. The van der Waals surface area contributed by atoms with Crippen molar-refractivity contribution >= 4 is 46.0 Å². The molecule has 9 heteroatoms. The van der Waals surface area contributed by atoms with Crippen LogP contribution < -0.4 is 9.91 Å². The van der Waals surface area contributed by atoms with E-state index in [0.717, 1.165) is 88.5 Å². The van der Waals surface area contributed by atoms with Crippen LogP contribution in [0.15, 0.2) is 102 Å². The molecule has 4 aromatic rings. The van der Waals surface area contributed by atoms with Crippen molar-refractivity contribution in [2.24, 2.45) is 11.8 Å². The number of hydrogen-bond donors (Lipinski definition) is 0. The highest BCUT2D eigenvalue weighted by atomic mass is 32.1. The van der Waals surface area contributed by atoms with Gasteiger partial charge in [0.25, 0.3) is 17.7 Å². The van der Waals surface area contributed by atoms with Gasteiger partial charge in [-0.2, -0.15) is 10.3 Å². The Morgan fingerprint density at radius 3 is 1.93 bits per heavy atom. The number of hydrogen-bond acceptors (Lipinski definition) is 7. The summed E-state index contributed by atoms with van der Waals surface area (Å²) in [6.45, 7) is 14.5. The van der Waals surface area contributed by atoms with E-state index in [9.17, 15) is 19.6 Å². The van der Waals surface area contributed by atoms with Crippen LogP contribution in [-0.2, 0) is 9.59 Å². The van der Waals surface area contributed by atoms with Gasteiger partial charge in [-0.15, -0.1) is 0 Å². The van der Waals surface area contributed by atoms with E-state index in [2.05, 4.69) is 50.8 Å². The SMILES string of the molecule is CCCCC(CC)CN(CC(CC)CCCC)c1nc(-c2ccc(C)cc2)c(/C=C2\C(=O)N(N(C(=O)c3ccccc3)c3ccccc3)C(=O)C(C#N)=C2C)s1. The van der Waals surface area contributed by atoms with Gasteiger partial charge in [0.1, 0.15) is 11.6 Å². The number of benzene rings is 3. The van der Waals surface area contributed by atoms with Gasteiger partial charge in [-0.1, -0.05) is 144 Å². The first-order valence-corrected chi connectivity index (χ1v) is 21.0. The number of unbranched alkanes of at least 4 members (excludes halogenated alkanes) is 2. The van der Waals surface area contributed by atoms with Gasteiger partial charge >= 0.3 is 0 Å². The van der Waals surface area contributed by atoms with Gasteiger partial charge in [0.15, 0.2) is 5.13 Å². The third kappa shape index (κ3) is 9.72. The van der Waals surface area contributed by atoms with Gasteiger partial charge in [-0.05, 0) is 74.4 Å². The molecule has 0 fully saturated rings. The molecule has 5 rings (SSSR count). The Labute approximate surface area is 337 Å². The van der Waals surface area contributed by atoms with Crippen LogP contribution >= 0.6 is 11.3 Å². The number of anilines is 2. The third-order valence-corrected chi connectivity index (χ3v) is 11.8. The molecule has 0 aliphatic carbocycles. The Kier molecular flexibility index (Phi) is 14.9. The molecule has 0 saturated heterocycles. The average Bonchev–Trinajstić information content (AvgIpc) is 3.65. The molecule has 2 atom stereocenters. The third-order valence-electron chi connectivity index (χ3n) is 10.7. The van der Waals surface area contributed by atoms with Crippen LogP contribution in [0, 0.1) is 30.1 Å². The maximum atomic E-state index is 14.8. The molecule has 0 bridgehead atoms. The van der Waals surface area contributed by atoms with Crippen molar-refractivity contribution in [3.05, 3.63) is 118 Å². The summed E-state index contributed by atoms with van der Waals surface area (Å²) in [5.41, 5.74) is 3.57. The molecule has 292 valence electrons. The number of thiazole rings is 1. The molecule has 0 spiro atoms. The fourth-order valence-electron chi connectivity index (χ4n) is 7.14. The molecular formula is C47H55N5O3S.